The van der Waals surface area contributed by atoms with Crippen LogP contribution in [0.4, 0.5) is 13.2 Å². The van der Waals surface area contributed by atoms with Crippen LogP contribution in [0.2, 0.25) is 0 Å². The molecule has 2 aromatic carbocycles. The minimum atomic E-state index is -5.08. The number of rotatable bonds is 4. The molecule has 2 aliphatic heterocycles. The number of carboxylic acid groups (broad SMARTS) is 1. The fraction of sp³-hybridized carbons (Fsp3) is 0.320. The lowest BCUT2D eigenvalue weighted by atomic mass is 9.93. The summed E-state index contributed by atoms with van der Waals surface area (Å²) in [6.07, 6.45) is -0.865. The van der Waals surface area contributed by atoms with Crippen molar-refractivity contribution in [2.45, 2.75) is 31.3 Å². The zero-order valence-electron chi connectivity index (χ0n) is 19.9. The maximum Gasteiger partial charge on any atom is 0.490 e. The molecule has 2 aromatic rings. The molecule has 198 valence electrons. The van der Waals surface area contributed by atoms with Crippen LogP contribution >= 0.6 is 0 Å². The molecule has 0 radical (unpaired) electrons. The predicted molar refractivity (Wildman–Crippen MR) is 126 cm³/mol. The summed E-state index contributed by atoms with van der Waals surface area (Å²) in [6.45, 7) is 2.17. The molecule has 0 unspecified atom stereocenters. The summed E-state index contributed by atoms with van der Waals surface area (Å²) >= 11 is 0. The van der Waals surface area contributed by atoms with E-state index in [-0.39, 0.29) is 5.91 Å². The van der Waals surface area contributed by atoms with Gasteiger partial charge in [0, 0.05) is 38.6 Å². The van der Waals surface area contributed by atoms with Gasteiger partial charge in [-0.15, -0.1) is 0 Å². The van der Waals surface area contributed by atoms with E-state index in [1.165, 1.54) is 6.08 Å². The number of nitrogens with one attached hydrogen (secondary N) is 1. The van der Waals surface area contributed by atoms with Gasteiger partial charge in [-0.05, 0) is 36.4 Å². The number of hydrogen-bond donors (Lipinski definition) is 3. The molecule has 4 rings (SSSR count). The van der Waals surface area contributed by atoms with E-state index in [1.807, 2.05) is 35.2 Å². The van der Waals surface area contributed by atoms with E-state index in [1.54, 1.807) is 29.8 Å². The quantitative estimate of drug-likeness (QED) is 0.321. The number of carbonyl (C=O) groups is 3. The summed E-state index contributed by atoms with van der Waals surface area (Å²) in [4.78, 5) is 37.9. The molecule has 2 heterocycles. The van der Waals surface area contributed by atoms with Gasteiger partial charge in [-0.2, -0.15) is 13.2 Å². The highest BCUT2D eigenvalue weighted by Gasteiger charge is 2.48. The van der Waals surface area contributed by atoms with Gasteiger partial charge >= 0.3 is 12.1 Å². The molecule has 37 heavy (non-hydrogen) atoms. The Kier molecular flexibility index (Phi) is 8.56. The van der Waals surface area contributed by atoms with Gasteiger partial charge in [0.25, 0.3) is 11.8 Å². The van der Waals surface area contributed by atoms with Crippen molar-refractivity contribution in [3.8, 4) is 5.75 Å². The fourth-order valence-electron chi connectivity index (χ4n) is 4.03. The molecule has 2 amide bonds. The van der Waals surface area contributed by atoms with Crippen molar-refractivity contribution in [2.24, 2.45) is 0 Å². The summed E-state index contributed by atoms with van der Waals surface area (Å²) in [7, 11) is 2.08. The van der Waals surface area contributed by atoms with Gasteiger partial charge in [-0.25, -0.2) is 10.3 Å². The number of halogens is 3. The standard InChI is InChI=1S/C23H25N3O4.C2HF3O2/c1-25-13-11-23(12-14-25)26(16-18-5-3-2-4-6-18)22(28)19-15-17(7-9-20(19)30-23)8-10-21(27)24-29;3-2(4,5)1(6)7/h2-10,15,29H,11-14,16H2,1H3,(H,24,27);(H,6,7)/b10-8+;. The Balaban J connectivity index is 0.000000479. The first-order chi connectivity index (χ1) is 17.4. The van der Waals surface area contributed by atoms with Crippen molar-refractivity contribution >= 4 is 23.9 Å². The predicted octanol–water partition coefficient (Wildman–Crippen LogP) is 3.30. The molecule has 0 saturated carbocycles. The van der Waals surface area contributed by atoms with E-state index in [9.17, 15) is 22.8 Å². The Hall–Kier alpha value is -3.90. The summed E-state index contributed by atoms with van der Waals surface area (Å²) in [6, 6.07) is 15.2. The van der Waals surface area contributed by atoms with Crippen molar-refractivity contribution in [1.82, 2.24) is 15.3 Å². The zero-order chi connectivity index (χ0) is 27.2. The highest BCUT2D eigenvalue weighted by atomic mass is 19.4. The van der Waals surface area contributed by atoms with Crippen LogP contribution < -0.4 is 10.2 Å². The first-order valence-electron chi connectivity index (χ1n) is 11.2. The van der Waals surface area contributed by atoms with E-state index in [0.717, 1.165) is 31.5 Å². The lowest BCUT2D eigenvalue weighted by Crippen LogP contribution is -2.62. The number of carboxylic acids is 1. The van der Waals surface area contributed by atoms with Crippen molar-refractivity contribution < 1.29 is 42.6 Å². The highest BCUT2D eigenvalue weighted by Crippen LogP contribution is 2.40. The Morgan fingerprint density at radius 2 is 1.76 bits per heavy atom. The SMILES string of the molecule is CN1CCC2(CC1)Oc1ccc(/C=C/C(=O)NO)cc1C(=O)N2Cc1ccccc1.O=C(O)C(F)(F)F. The molecule has 0 aliphatic carbocycles. The average Bonchev–Trinajstić information content (AvgIpc) is 2.87. The van der Waals surface area contributed by atoms with Crippen LogP contribution in [0.3, 0.4) is 0 Å². The topological polar surface area (TPSA) is 119 Å². The number of nitrogens with zero attached hydrogens (tertiary/aromatic N) is 2. The number of hydroxylamine groups is 1. The van der Waals surface area contributed by atoms with Crippen LogP contribution in [0.25, 0.3) is 6.08 Å². The van der Waals surface area contributed by atoms with Crippen LogP contribution in [0.1, 0.15) is 34.3 Å². The number of likely N-dealkylation sites (tertiary alicyclic amines) is 1. The molecule has 9 nitrogen and oxygen atoms in total. The third kappa shape index (κ3) is 6.86. The second-order valence-corrected chi connectivity index (χ2v) is 8.60. The largest absolute Gasteiger partial charge is 0.490 e. The molecule has 1 fully saturated rings. The Morgan fingerprint density at radius 3 is 2.32 bits per heavy atom. The normalized spacial score (nSPS) is 17.0. The number of piperidine rings is 1. The molecular formula is C25H26F3N3O6. The summed E-state index contributed by atoms with van der Waals surface area (Å²) in [5, 5.41) is 15.8. The lowest BCUT2D eigenvalue weighted by molar-refractivity contribution is -0.192. The van der Waals surface area contributed by atoms with Crippen LogP contribution in [-0.4, -0.2) is 69.9 Å². The molecule has 0 aromatic heterocycles. The fourth-order valence-corrected chi connectivity index (χ4v) is 4.03. The van der Waals surface area contributed by atoms with Crippen LogP contribution in [0.5, 0.6) is 5.75 Å². The first-order valence-corrected chi connectivity index (χ1v) is 11.2. The number of alkyl halides is 3. The number of amides is 2. The first kappa shape index (κ1) is 27.7. The van der Waals surface area contributed by atoms with E-state index < -0.39 is 23.8 Å². The van der Waals surface area contributed by atoms with Crippen molar-refractivity contribution in [1.29, 1.82) is 0 Å². The average molecular weight is 521 g/mol. The van der Waals surface area contributed by atoms with Crippen molar-refractivity contribution in [2.75, 3.05) is 20.1 Å². The molecule has 1 saturated heterocycles. The van der Waals surface area contributed by atoms with Crippen molar-refractivity contribution in [3.63, 3.8) is 0 Å². The highest BCUT2D eigenvalue weighted by molar-refractivity contribution is 5.99. The monoisotopic (exact) mass is 521 g/mol. The van der Waals surface area contributed by atoms with Gasteiger partial charge < -0.3 is 14.7 Å². The van der Waals surface area contributed by atoms with Gasteiger partial charge in [0.15, 0.2) is 5.72 Å². The van der Waals surface area contributed by atoms with Gasteiger partial charge in [-0.3, -0.25) is 19.7 Å². The minimum Gasteiger partial charge on any atom is -0.475 e. The minimum absolute atomic E-state index is 0.0773. The van der Waals surface area contributed by atoms with E-state index >= 15 is 0 Å². The number of aliphatic carboxylic acids is 1. The third-order valence-corrected chi connectivity index (χ3v) is 6.00. The summed E-state index contributed by atoms with van der Waals surface area (Å²) in [5.41, 5.74) is 3.08. The number of carbonyl (C=O) groups excluding carboxylic acids is 2. The summed E-state index contributed by atoms with van der Waals surface area (Å²) in [5.74, 6) is -2.90. The molecule has 1 spiro atoms. The Bertz CT molecular complexity index is 1160. The van der Waals surface area contributed by atoms with Crippen molar-refractivity contribution in [3.05, 3.63) is 71.3 Å². The molecule has 0 bridgehead atoms. The maximum absolute atomic E-state index is 13.6. The second-order valence-electron chi connectivity index (χ2n) is 8.60. The molecule has 0 atom stereocenters. The zero-order valence-corrected chi connectivity index (χ0v) is 19.9. The Morgan fingerprint density at radius 1 is 1.14 bits per heavy atom. The number of ether oxygens (including phenoxy) is 1. The number of fused-ring (bicyclic) bond motifs is 1. The molecular weight excluding hydrogens is 495 g/mol. The van der Waals surface area contributed by atoms with E-state index in [2.05, 4.69) is 11.9 Å². The molecule has 12 heteroatoms. The Labute approximate surface area is 210 Å². The van der Waals surface area contributed by atoms with Gasteiger partial charge in [0.2, 0.25) is 0 Å². The second kappa shape index (κ2) is 11.4. The smallest absolute Gasteiger partial charge is 0.475 e. The summed E-state index contributed by atoms with van der Waals surface area (Å²) < 4.78 is 38.2. The van der Waals surface area contributed by atoms with Crippen LogP contribution in [-0.2, 0) is 16.1 Å². The lowest BCUT2D eigenvalue weighted by Gasteiger charge is -2.50. The van der Waals surface area contributed by atoms with Crippen LogP contribution in [0.15, 0.2) is 54.6 Å². The number of hydrogen-bond acceptors (Lipinski definition) is 6. The van der Waals surface area contributed by atoms with Gasteiger partial charge in [0.05, 0.1) is 5.56 Å². The van der Waals surface area contributed by atoms with Gasteiger partial charge in [-0.1, -0.05) is 36.4 Å². The van der Waals surface area contributed by atoms with Gasteiger partial charge in [0.1, 0.15) is 5.75 Å². The van der Waals surface area contributed by atoms with Crippen LogP contribution in [0, 0.1) is 0 Å². The van der Waals surface area contributed by atoms with E-state index in [0.29, 0.717) is 23.4 Å². The van der Waals surface area contributed by atoms with E-state index in [4.69, 9.17) is 19.8 Å². The molecule has 2 aliphatic rings. The third-order valence-electron chi connectivity index (χ3n) is 6.00. The maximum atomic E-state index is 13.6. The molecule has 3 N–H and O–H groups in total. The number of benzene rings is 2.